The first-order valence-electron chi connectivity index (χ1n) is 4.88. The predicted molar refractivity (Wildman–Crippen MR) is 61.5 cm³/mol. The lowest BCUT2D eigenvalue weighted by molar-refractivity contribution is 0.196. The number of aromatic nitrogens is 1. The largest absolute Gasteiger partial charge is 0.392 e. The van der Waals surface area contributed by atoms with Crippen LogP contribution in [0.1, 0.15) is 19.4 Å². The SMILES string of the molecule is CC(O)C(C)SCCc1cccnc1. The van der Waals surface area contributed by atoms with Crippen molar-refractivity contribution in [1.82, 2.24) is 4.98 Å². The lowest BCUT2D eigenvalue weighted by Gasteiger charge is -2.13. The van der Waals surface area contributed by atoms with Crippen molar-refractivity contribution in [3.05, 3.63) is 30.1 Å². The van der Waals surface area contributed by atoms with E-state index in [4.69, 9.17) is 0 Å². The molecule has 2 unspecified atom stereocenters. The van der Waals surface area contributed by atoms with Crippen LogP contribution in [0.5, 0.6) is 0 Å². The summed E-state index contributed by atoms with van der Waals surface area (Å²) in [4.78, 5) is 4.06. The Morgan fingerprint density at radius 2 is 2.29 bits per heavy atom. The van der Waals surface area contributed by atoms with Crippen LogP contribution in [0.2, 0.25) is 0 Å². The summed E-state index contributed by atoms with van der Waals surface area (Å²) in [6.07, 6.45) is 4.48. The molecule has 2 atom stereocenters. The first kappa shape index (κ1) is 11.5. The molecule has 0 aliphatic heterocycles. The Balaban J connectivity index is 2.22. The van der Waals surface area contributed by atoms with Crippen LogP contribution in [0.25, 0.3) is 0 Å². The van der Waals surface area contributed by atoms with Crippen molar-refractivity contribution in [3.8, 4) is 0 Å². The van der Waals surface area contributed by atoms with E-state index in [-0.39, 0.29) is 6.10 Å². The van der Waals surface area contributed by atoms with E-state index in [1.165, 1.54) is 5.56 Å². The van der Waals surface area contributed by atoms with Gasteiger partial charge in [0.2, 0.25) is 0 Å². The first-order valence-corrected chi connectivity index (χ1v) is 5.93. The number of aryl methyl sites for hydroxylation is 1. The van der Waals surface area contributed by atoms with Gasteiger partial charge in [-0.15, -0.1) is 0 Å². The van der Waals surface area contributed by atoms with Gasteiger partial charge in [0.1, 0.15) is 0 Å². The molecule has 1 N–H and O–H groups in total. The Hall–Kier alpha value is -0.540. The minimum atomic E-state index is -0.228. The maximum Gasteiger partial charge on any atom is 0.0627 e. The maximum absolute atomic E-state index is 9.28. The molecule has 0 aromatic carbocycles. The molecular formula is C11H17NOS. The van der Waals surface area contributed by atoms with E-state index in [1.54, 1.807) is 18.0 Å². The van der Waals surface area contributed by atoms with Crippen molar-refractivity contribution in [1.29, 1.82) is 0 Å². The number of aliphatic hydroxyl groups excluding tert-OH is 1. The van der Waals surface area contributed by atoms with Crippen LogP contribution >= 0.6 is 11.8 Å². The molecule has 0 aliphatic rings. The molecule has 0 saturated heterocycles. The second-order valence-electron chi connectivity index (χ2n) is 3.43. The van der Waals surface area contributed by atoms with Crippen molar-refractivity contribution in [3.63, 3.8) is 0 Å². The van der Waals surface area contributed by atoms with Gasteiger partial charge >= 0.3 is 0 Å². The maximum atomic E-state index is 9.28. The molecule has 0 amide bonds. The quantitative estimate of drug-likeness (QED) is 0.810. The molecule has 14 heavy (non-hydrogen) atoms. The van der Waals surface area contributed by atoms with E-state index in [0.717, 1.165) is 12.2 Å². The number of aliphatic hydroxyl groups is 1. The summed E-state index contributed by atoms with van der Waals surface area (Å²) in [6, 6.07) is 4.04. The van der Waals surface area contributed by atoms with Crippen molar-refractivity contribution >= 4 is 11.8 Å². The smallest absolute Gasteiger partial charge is 0.0627 e. The summed E-state index contributed by atoms with van der Waals surface area (Å²) in [5.74, 6) is 1.04. The minimum absolute atomic E-state index is 0.228. The highest BCUT2D eigenvalue weighted by Crippen LogP contribution is 2.15. The van der Waals surface area contributed by atoms with Crippen LogP contribution in [0, 0.1) is 0 Å². The molecule has 0 saturated carbocycles. The highest BCUT2D eigenvalue weighted by atomic mass is 32.2. The molecule has 0 aliphatic carbocycles. The third-order valence-electron chi connectivity index (χ3n) is 2.17. The number of rotatable bonds is 5. The van der Waals surface area contributed by atoms with Crippen LogP contribution in [0.15, 0.2) is 24.5 Å². The molecule has 1 rings (SSSR count). The molecule has 0 radical (unpaired) electrons. The number of nitrogens with zero attached hydrogens (tertiary/aromatic N) is 1. The standard InChI is InChI=1S/C11H17NOS/c1-9(13)10(2)14-7-5-11-4-3-6-12-8-11/h3-4,6,8-10,13H,5,7H2,1-2H3. The lowest BCUT2D eigenvalue weighted by Crippen LogP contribution is -2.15. The van der Waals surface area contributed by atoms with E-state index >= 15 is 0 Å². The van der Waals surface area contributed by atoms with Gasteiger partial charge in [0.15, 0.2) is 0 Å². The van der Waals surface area contributed by atoms with Crippen LogP contribution in [-0.4, -0.2) is 27.2 Å². The predicted octanol–water partition coefficient (Wildman–Crippen LogP) is 2.13. The minimum Gasteiger partial charge on any atom is -0.392 e. The average Bonchev–Trinajstić information content (AvgIpc) is 2.19. The molecule has 0 spiro atoms. The van der Waals surface area contributed by atoms with Gasteiger partial charge < -0.3 is 5.11 Å². The van der Waals surface area contributed by atoms with Gasteiger partial charge in [0.25, 0.3) is 0 Å². The molecule has 78 valence electrons. The Labute approximate surface area is 89.8 Å². The lowest BCUT2D eigenvalue weighted by atomic mass is 10.2. The fraction of sp³-hybridized carbons (Fsp3) is 0.545. The highest BCUT2D eigenvalue weighted by molar-refractivity contribution is 7.99. The number of hydrogen-bond acceptors (Lipinski definition) is 3. The van der Waals surface area contributed by atoms with Crippen LogP contribution in [0.3, 0.4) is 0 Å². The zero-order valence-corrected chi connectivity index (χ0v) is 9.50. The summed E-state index contributed by atoms with van der Waals surface area (Å²) in [7, 11) is 0. The van der Waals surface area contributed by atoms with E-state index in [0.29, 0.717) is 5.25 Å². The van der Waals surface area contributed by atoms with Gasteiger partial charge in [-0.3, -0.25) is 4.98 Å². The number of thioether (sulfide) groups is 1. The van der Waals surface area contributed by atoms with Crippen molar-refractivity contribution in [2.24, 2.45) is 0 Å². The van der Waals surface area contributed by atoms with E-state index < -0.39 is 0 Å². The Kier molecular flexibility index (Phi) is 4.98. The summed E-state index contributed by atoms with van der Waals surface area (Å²) in [5.41, 5.74) is 1.26. The molecule has 0 bridgehead atoms. The normalized spacial score (nSPS) is 15.1. The van der Waals surface area contributed by atoms with E-state index in [1.807, 2.05) is 19.2 Å². The second kappa shape index (κ2) is 6.04. The summed E-state index contributed by atoms with van der Waals surface area (Å²) < 4.78 is 0. The monoisotopic (exact) mass is 211 g/mol. The topological polar surface area (TPSA) is 33.1 Å². The van der Waals surface area contributed by atoms with Crippen LogP contribution < -0.4 is 0 Å². The fourth-order valence-electron chi connectivity index (χ4n) is 1.05. The zero-order chi connectivity index (χ0) is 10.4. The highest BCUT2D eigenvalue weighted by Gasteiger charge is 2.08. The van der Waals surface area contributed by atoms with E-state index in [9.17, 15) is 5.11 Å². The summed E-state index contributed by atoms with van der Waals surface area (Å²) in [6.45, 7) is 3.89. The van der Waals surface area contributed by atoms with Crippen molar-refractivity contribution < 1.29 is 5.11 Å². The molecule has 3 heteroatoms. The Bertz CT molecular complexity index is 251. The third kappa shape index (κ3) is 4.11. The number of hydrogen-bond donors (Lipinski definition) is 1. The average molecular weight is 211 g/mol. The van der Waals surface area contributed by atoms with Gasteiger partial charge in [-0.1, -0.05) is 13.0 Å². The third-order valence-corrected chi connectivity index (χ3v) is 3.53. The molecule has 0 fully saturated rings. The second-order valence-corrected chi connectivity index (χ2v) is 4.91. The molecular weight excluding hydrogens is 194 g/mol. The van der Waals surface area contributed by atoms with Crippen LogP contribution in [0.4, 0.5) is 0 Å². The fourth-order valence-corrected chi connectivity index (χ4v) is 2.05. The molecule has 2 nitrogen and oxygen atoms in total. The Morgan fingerprint density at radius 3 is 2.86 bits per heavy atom. The summed E-state index contributed by atoms with van der Waals surface area (Å²) in [5, 5.41) is 9.60. The van der Waals surface area contributed by atoms with Crippen molar-refractivity contribution in [2.75, 3.05) is 5.75 Å². The van der Waals surface area contributed by atoms with Gasteiger partial charge in [0, 0.05) is 17.6 Å². The first-order chi connectivity index (χ1) is 6.70. The molecule has 1 heterocycles. The number of pyridine rings is 1. The molecule has 1 aromatic heterocycles. The Morgan fingerprint density at radius 1 is 1.50 bits per heavy atom. The zero-order valence-electron chi connectivity index (χ0n) is 8.68. The van der Waals surface area contributed by atoms with Crippen LogP contribution in [-0.2, 0) is 6.42 Å². The van der Waals surface area contributed by atoms with E-state index in [2.05, 4.69) is 18.0 Å². The van der Waals surface area contributed by atoms with Crippen molar-refractivity contribution in [2.45, 2.75) is 31.6 Å². The van der Waals surface area contributed by atoms with Gasteiger partial charge in [-0.05, 0) is 30.7 Å². The molecule has 1 aromatic rings. The summed E-state index contributed by atoms with van der Waals surface area (Å²) >= 11 is 1.80. The van der Waals surface area contributed by atoms with Gasteiger partial charge in [0.05, 0.1) is 6.10 Å². The van der Waals surface area contributed by atoms with Gasteiger partial charge in [-0.25, -0.2) is 0 Å². The van der Waals surface area contributed by atoms with Gasteiger partial charge in [-0.2, -0.15) is 11.8 Å².